The second kappa shape index (κ2) is 10.8. The Morgan fingerprint density at radius 3 is 2.40 bits per heavy atom. The van der Waals surface area contributed by atoms with Gasteiger partial charge in [0, 0.05) is 38.3 Å². The first-order valence-electron chi connectivity index (χ1n) is 10.6. The van der Waals surface area contributed by atoms with Gasteiger partial charge in [0.15, 0.2) is 0 Å². The highest BCUT2D eigenvalue weighted by Gasteiger charge is 2.16. The average molecular weight is 410 g/mol. The number of oxime groups is 1. The van der Waals surface area contributed by atoms with Crippen molar-refractivity contribution in [1.29, 1.82) is 0 Å². The first-order valence-corrected chi connectivity index (χ1v) is 10.6. The molecule has 30 heavy (non-hydrogen) atoms. The number of piperazine rings is 1. The van der Waals surface area contributed by atoms with E-state index in [1.54, 1.807) is 0 Å². The third-order valence-electron chi connectivity index (χ3n) is 5.66. The second-order valence-electron chi connectivity index (χ2n) is 7.91. The van der Waals surface area contributed by atoms with Crippen LogP contribution in [0.4, 0.5) is 5.69 Å². The van der Waals surface area contributed by atoms with Crippen molar-refractivity contribution in [2.75, 3.05) is 37.6 Å². The number of aliphatic carboxylic acids is 1. The van der Waals surface area contributed by atoms with E-state index in [2.05, 4.69) is 46.1 Å². The minimum Gasteiger partial charge on any atom is -0.481 e. The Morgan fingerprint density at radius 1 is 1.03 bits per heavy atom. The zero-order valence-corrected chi connectivity index (χ0v) is 17.6. The van der Waals surface area contributed by atoms with Crippen molar-refractivity contribution in [1.82, 2.24) is 4.90 Å². The van der Waals surface area contributed by atoms with E-state index in [9.17, 15) is 4.79 Å². The van der Waals surface area contributed by atoms with Gasteiger partial charge in [-0.2, -0.15) is 0 Å². The fraction of sp³-hybridized carbons (Fsp3) is 0.417. The van der Waals surface area contributed by atoms with E-state index >= 15 is 0 Å². The molecule has 0 radical (unpaired) electrons. The van der Waals surface area contributed by atoms with Gasteiger partial charge in [-0.25, -0.2) is 0 Å². The van der Waals surface area contributed by atoms with Crippen molar-refractivity contribution in [3.05, 3.63) is 65.2 Å². The molecule has 0 saturated carbocycles. The third-order valence-corrected chi connectivity index (χ3v) is 5.66. The summed E-state index contributed by atoms with van der Waals surface area (Å²) in [6.07, 6.45) is 2.28. The highest BCUT2D eigenvalue weighted by molar-refractivity contribution is 6.01. The van der Waals surface area contributed by atoms with Crippen LogP contribution < -0.4 is 4.90 Å². The Balaban J connectivity index is 1.41. The Morgan fingerprint density at radius 2 is 1.77 bits per heavy atom. The number of nitrogens with zero attached hydrogens (tertiary/aromatic N) is 3. The molecule has 2 aromatic rings. The Hall–Kier alpha value is -2.86. The molecule has 2 N–H and O–H groups in total. The molecule has 1 aliphatic rings. The molecule has 3 rings (SSSR count). The van der Waals surface area contributed by atoms with Gasteiger partial charge in [0.1, 0.15) is 0 Å². The third kappa shape index (κ3) is 6.32. The van der Waals surface area contributed by atoms with Crippen LogP contribution in [0.25, 0.3) is 0 Å². The Bertz CT molecular complexity index is 856. The van der Waals surface area contributed by atoms with Crippen molar-refractivity contribution in [2.45, 2.75) is 32.6 Å². The normalized spacial score (nSPS) is 15.4. The lowest BCUT2D eigenvalue weighted by Gasteiger charge is -2.36. The van der Waals surface area contributed by atoms with E-state index in [0.29, 0.717) is 5.71 Å². The van der Waals surface area contributed by atoms with E-state index in [-0.39, 0.29) is 12.8 Å². The highest BCUT2D eigenvalue weighted by Crippen LogP contribution is 2.18. The predicted molar refractivity (Wildman–Crippen MR) is 120 cm³/mol. The van der Waals surface area contributed by atoms with Gasteiger partial charge in [-0.3, -0.25) is 9.69 Å². The maximum atomic E-state index is 10.7. The smallest absolute Gasteiger partial charge is 0.303 e. The van der Waals surface area contributed by atoms with Crippen LogP contribution in [0.5, 0.6) is 0 Å². The maximum Gasteiger partial charge on any atom is 0.303 e. The van der Waals surface area contributed by atoms with Crippen molar-refractivity contribution >= 4 is 17.4 Å². The predicted octanol–water partition coefficient (Wildman–Crippen LogP) is 3.79. The number of anilines is 1. The van der Waals surface area contributed by atoms with Gasteiger partial charge in [-0.15, -0.1) is 0 Å². The van der Waals surface area contributed by atoms with E-state index in [4.69, 9.17) is 10.3 Å². The Labute approximate surface area is 178 Å². The lowest BCUT2D eigenvalue weighted by molar-refractivity contribution is -0.136. The number of benzene rings is 2. The number of carboxylic acids is 1. The highest BCUT2D eigenvalue weighted by atomic mass is 16.4. The van der Waals surface area contributed by atoms with Gasteiger partial charge in [0.2, 0.25) is 0 Å². The second-order valence-corrected chi connectivity index (χ2v) is 7.91. The molecule has 6 heteroatoms. The lowest BCUT2D eigenvalue weighted by atomic mass is 10.0. The molecule has 2 aromatic carbocycles. The van der Waals surface area contributed by atoms with Crippen LogP contribution in [0.1, 0.15) is 36.0 Å². The number of rotatable bonds is 9. The SMILES string of the molecule is Cc1cccc(N2CCN(CCCc3ccc(C(CCC(=O)O)=NO)cc3)CC2)c1. The van der Waals surface area contributed by atoms with Gasteiger partial charge in [-0.1, -0.05) is 41.6 Å². The van der Waals surface area contributed by atoms with E-state index in [1.165, 1.54) is 16.8 Å². The summed E-state index contributed by atoms with van der Waals surface area (Å²) >= 11 is 0. The standard InChI is InChI=1S/C24H31N3O3/c1-19-4-2-6-22(18-19)27-16-14-26(15-17-27)13-3-5-20-7-9-21(10-8-20)23(25-30)11-12-24(28)29/h2,4,6-10,18,30H,3,5,11-17H2,1H3,(H,28,29). The molecule has 0 bridgehead atoms. The van der Waals surface area contributed by atoms with Crippen LogP contribution in [-0.2, 0) is 11.2 Å². The van der Waals surface area contributed by atoms with Crippen molar-refractivity contribution in [2.24, 2.45) is 5.16 Å². The van der Waals surface area contributed by atoms with Crippen LogP contribution in [0.3, 0.4) is 0 Å². The minimum atomic E-state index is -0.896. The average Bonchev–Trinajstić information content (AvgIpc) is 2.75. The van der Waals surface area contributed by atoms with E-state index < -0.39 is 5.97 Å². The molecule has 0 atom stereocenters. The first kappa shape index (κ1) is 21.8. The molecular formula is C24H31N3O3. The van der Waals surface area contributed by atoms with Crippen molar-refractivity contribution in [3.8, 4) is 0 Å². The fourth-order valence-corrected chi connectivity index (χ4v) is 3.90. The van der Waals surface area contributed by atoms with Gasteiger partial charge < -0.3 is 15.2 Å². The fourth-order valence-electron chi connectivity index (χ4n) is 3.90. The summed E-state index contributed by atoms with van der Waals surface area (Å²) in [5.74, 6) is -0.896. The molecule has 0 amide bonds. The molecule has 0 aliphatic carbocycles. The molecule has 1 heterocycles. The number of carbonyl (C=O) groups is 1. The van der Waals surface area contributed by atoms with Crippen LogP contribution in [-0.4, -0.2) is 59.6 Å². The molecule has 0 unspecified atom stereocenters. The minimum absolute atomic E-state index is 0.0434. The molecule has 0 spiro atoms. The summed E-state index contributed by atoms with van der Waals surface area (Å²) in [7, 11) is 0. The van der Waals surface area contributed by atoms with Gasteiger partial charge in [-0.05, 0) is 55.1 Å². The summed E-state index contributed by atoms with van der Waals surface area (Å²) in [4.78, 5) is 15.7. The summed E-state index contributed by atoms with van der Waals surface area (Å²) in [5.41, 5.74) is 5.06. The van der Waals surface area contributed by atoms with E-state index in [0.717, 1.165) is 51.1 Å². The molecule has 0 aromatic heterocycles. The van der Waals surface area contributed by atoms with Crippen molar-refractivity contribution in [3.63, 3.8) is 0 Å². The number of hydrogen-bond donors (Lipinski definition) is 2. The number of hydrogen-bond acceptors (Lipinski definition) is 5. The van der Waals surface area contributed by atoms with Crippen LogP contribution in [0, 0.1) is 6.92 Å². The summed E-state index contributed by atoms with van der Waals surface area (Å²) in [5, 5.41) is 21.2. The van der Waals surface area contributed by atoms with Crippen molar-refractivity contribution < 1.29 is 15.1 Å². The summed E-state index contributed by atoms with van der Waals surface area (Å²) in [6, 6.07) is 16.6. The monoisotopic (exact) mass is 409 g/mol. The zero-order chi connectivity index (χ0) is 21.3. The van der Waals surface area contributed by atoms with Gasteiger partial charge in [0.05, 0.1) is 12.1 Å². The molecule has 1 aliphatic heterocycles. The molecular weight excluding hydrogens is 378 g/mol. The maximum absolute atomic E-state index is 10.7. The number of aryl methyl sites for hydroxylation is 2. The van der Waals surface area contributed by atoms with Gasteiger partial charge in [0.25, 0.3) is 0 Å². The quantitative estimate of drug-likeness (QED) is 0.374. The van der Waals surface area contributed by atoms with E-state index in [1.807, 2.05) is 24.3 Å². The molecule has 6 nitrogen and oxygen atoms in total. The van der Waals surface area contributed by atoms with Crippen LogP contribution in [0.2, 0.25) is 0 Å². The van der Waals surface area contributed by atoms with Crippen LogP contribution in [0.15, 0.2) is 53.7 Å². The molecule has 1 saturated heterocycles. The summed E-state index contributed by atoms with van der Waals surface area (Å²) in [6.45, 7) is 7.54. The zero-order valence-electron chi connectivity index (χ0n) is 17.6. The number of carboxylic acid groups (broad SMARTS) is 1. The largest absolute Gasteiger partial charge is 0.481 e. The van der Waals surface area contributed by atoms with Gasteiger partial charge >= 0.3 is 5.97 Å². The molecule has 1 fully saturated rings. The lowest BCUT2D eigenvalue weighted by Crippen LogP contribution is -2.46. The first-order chi connectivity index (χ1) is 14.5. The molecule has 160 valence electrons. The topological polar surface area (TPSA) is 76.4 Å². The summed E-state index contributed by atoms with van der Waals surface area (Å²) < 4.78 is 0. The Kier molecular flexibility index (Phi) is 7.85. The van der Waals surface area contributed by atoms with Crippen LogP contribution >= 0.6 is 0 Å².